The third-order valence-corrected chi connectivity index (χ3v) is 2.04. The monoisotopic (exact) mass is 310 g/mol. The maximum Gasteiger partial charge on any atom is 0.308 e. The maximum atomic E-state index is 11.2. The van der Waals surface area contributed by atoms with Gasteiger partial charge in [-0.15, -0.1) is 0 Å². The summed E-state index contributed by atoms with van der Waals surface area (Å²) in [5.74, 6) is -3.84. The van der Waals surface area contributed by atoms with Crippen LogP contribution in [-0.2, 0) is 19.2 Å². The van der Waals surface area contributed by atoms with Crippen molar-refractivity contribution in [2.24, 2.45) is 0 Å². The van der Waals surface area contributed by atoms with Crippen LogP contribution in [0, 0.1) is 0 Å². The van der Waals surface area contributed by atoms with E-state index in [0.29, 0.717) is 0 Å². The summed E-state index contributed by atoms with van der Waals surface area (Å²) in [5, 5.41) is 0. The van der Waals surface area contributed by atoms with Crippen LogP contribution in [0.15, 0.2) is 12.1 Å². The average molecular weight is 310 g/mol. The van der Waals surface area contributed by atoms with E-state index >= 15 is 0 Å². The molecule has 8 heteroatoms. The van der Waals surface area contributed by atoms with Crippen molar-refractivity contribution in [2.75, 3.05) is 0 Å². The first kappa shape index (κ1) is 17.2. The lowest BCUT2D eigenvalue weighted by Gasteiger charge is -2.15. The van der Waals surface area contributed by atoms with E-state index < -0.39 is 23.9 Å². The van der Waals surface area contributed by atoms with Crippen LogP contribution in [0.1, 0.15) is 27.7 Å². The molecule has 1 aromatic carbocycles. The van der Waals surface area contributed by atoms with Gasteiger partial charge in [-0.3, -0.25) is 19.2 Å². The van der Waals surface area contributed by atoms with Crippen molar-refractivity contribution in [3.63, 3.8) is 0 Å². The van der Waals surface area contributed by atoms with Crippen LogP contribution in [0.4, 0.5) is 0 Å². The Kier molecular flexibility index (Phi) is 5.62. The molecule has 0 amide bonds. The quantitative estimate of drug-likeness (QED) is 0.606. The molecule has 0 aliphatic heterocycles. The fourth-order valence-electron chi connectivity index (χ4n) is 1.48. The smallest absolute Gasteiger partial charge is 0.308 e. The van der Waals surface area contributed by atoms with Crippen molar-refractivity contribution < 1.29 is 38.1 Å². The Morgan fingerprint density at radius 1 is 0.591 bits per heavy atom. The molecule has 0 spiro atoms. The zero-order valence-corrected chi connectivity index (χ0v) is 12.4. The largest absolute Gasteiger partial charge is 0.423 e. The lowest BCUT2D eigenvalue weighted by Crippen LogP contribution is -2.12. The third-order valence-electron chi connectivity index (χ3n) is 2.04. The molecule has 0 bridgehead atoms. The molecule has 0 saturated carbocycles. The molecular weight excluding hydrogens is 296 g/mol. The highest BCUT2D eigenvalue weighted by atomic mass is 16.6. The predicted octanol–water partition coefficient (Wildman–Crippen LogP) is 1.39. The summed E-state index contributed by atoms with van der Waals surface area (Å²) in [7, 11) is 0. The van der Waals surface area contributed by atoms with Gasteiger partial charge in [-0.1, -0.05) is 0 Å². The summed E-state index contributed by atoms with van der Waals surface area (Å²) >= 11 is 0. The summed E-state index contributed by atoms with van der Waals surface area (Å²) in [5.41, 5.74) is 0. The van der Waals surface area contributed by atoms with Crippen LogP contribution in [0.3, 0.4) is 0 Å². The Bertz CT molecular complexity index is 577. The second kappa shape index (κ2) is 7.21. The fraction of sp³-hybridized carbons (Fsp3) is 0.286. The second-order valence-electron chi connectivity index (χ2n) is 4.09. The first-order valence-electron chi connectivity index (χ1n) is 6.11. The number of hydrogen-bond donors (Lipinski definition) is 0. The average Bonchev–Trinajstić information content (AvgIpc) is 2.34. The number of benzene rings is 1. The third kappa shape index (κ3) is 4.89. The van der Waals surface area contributed by atoms with Crippen molar-refractivity contribution in [3.05, 3.63) is 12.1 Å². The van der Waals surface area contributed by atoms with Gasteiger partial charge < -0.3 is 18.9 Å². The van der Waals surface area contributed by atoms with Gasteiger partial charge in [0.25, 0.3) is 0 Å². The first-order chi connectivity index (χ1) is 10.2. The standard InChI is InChI=1S/C14H14O8/c1-7(15)19-11-5-6-12(20-8(2)16)14(22-10(4)18)13(11)21-9(3)17/h5-6H,1-4H3. The van der Waals surface area contributed by atoms with Gasteiger partial charge in [0.2, 0.25) is 11.5 Å². The summed E-state index contributed by atoms with van der Waals surface area (Å²) in [6.07, 6.45) is 0. The highest BCUT2D eigenvalue weighted by Crippen LogP contribution is 2.45. The number of rotatable bonds is 4. The highest BCUT2D eigenvalue weighted by Gasteiger charge is 2.23. The zero-order valence-electron chi connectivity index (χ0n) is 12.4. The van der Waals surface area contributed by atoms with Crippen molar-refractivity contribution in [1.82, 2.24) is 0 Å². The molecule has 0 aliphatic carbocycles. The molecule has 0 radical (unpaired) electrons. The van der Waals surface area contributed by atoms with E-state index in [0.717, 1.165) is 27.7 Å². The van der Waals surface area contributed by atoms with Gasteiger partial charge in [-0.05, 0) is 12.1 Å². The summed E-state index contributed by atoms with van der Waals surface area (Å²) < 4.78 is 19.6. The molecule has 0 atom stereocenters. The molecule has 0 N–H and O–H groups in total. The summed E-state index contributed by atoms with van der Waals surface area (Å²) in [6, 6.07) is 2.48. The summed E-state index contributed by atoms with van der Waals surface area (Å²) in [4.78, 5) is 44.6. The lowest BCUT2D eigenvalue weighted by molar-refractivity contribution is -0.136. The molecule has 0 aromatic heterocycles. The van der Waals surface area contributed by atoms with E-state index in [1.807, 2.05) is 0 Å². The first-order valence-corrected chi connectivity index (χ1v) is 6.11. The van der Waals surface area contributed by atoms with Crippen molar-refractivity contribution in [1.29, 1.82) is 0 Å². The van der Waals surface area contributed by atoms with E-state index in [9.17, 15) is 19.2 Å². The van der Waals surface area contributed by atoms with Crippen LogP contribution in [0.5, 0.6) is 23.0 Å². The predicted molar refractivity (Wildman–Crippen MR) is 71.7 cm³/mol. The number of hydrogen-bond acceptors (Lipinski definition) is 8. The molecule has 0 saturated heterocycles. The number of ether oxygens (including phenoxy) is 4. The molecule has 0 fully saturated rings. The minimum atomic E-state index is -0.748. The fourth-order valence-corrected chi connectivity index (χ4v) is 1.48. The van der Waals surface area contributed by atoms with E-state index in [1.54, 1.807) is 0 Å². The van der Waals surface area contributed by atoms with Gasteiger partial charge in [0.05, 0.1) is 0 Å². The molecule has 0 aliphatic rings. The second-order valence-corrected chi connectivity index (χ2v) is 4.09. The van der Waals surface area contributed by atoms with Crippen molar-refractivity contribution in [3.8, 4) is 23.0 Å². The Balaban J connectivity index is 3.48. The van der Waals surface area contributed by atoms with Gasteiger partial charge >= 0.3 is 23.9 Å². The minimum absolute atomic E-state index is 0.158. The Hall–Kier alpha value is -2.90. The van der Waals surface area contributed by atoms with Crippen LogP contribution >= 0.6 is 0 Å². The van der Waals surface area contributed by atoms with Crippen LogP contribution in [0.2, 0.25) is 0 Å². The van der Waals surface area contributed by atoms with Crippen molar-refractivity contribution in [2.45, 2.75) is 27.7 Å². The Labute approximate surface area is 125 Å². The molecule has 118 valence electrons. The SMILES string of the molecule is CC(=O)Oc1ccc(OC(C)=O)c(OC(C)=O)c1OC(C)=O. The zero-order chi connectivity index (χ0) is 16.9. The molecule has 22 heavy (non-hydrogen) atoms. The molecule has 0 heterocycles. The van der Waals surface area contributed by atoms with Crippen LogP contribution < -0.4 is 18.9 Å². The highest BCUT2D eigenvalue weighted by molar-refractivity contribution is 5.80. The maximum absolute atomic E-state index is 11.2. The molecule has 8 nitrogen and oxygen atoms in total. The van der Waals surface area contributed by atoms with E-state index in [-0.39, 0.29) is 23.0 Å². The van der Waals surface area contributed by atoms with Crippen LogP contribution in [0.25, 0.3) is 0 Å². The number of carbonyl (C=O) groups is 4. The van der Waals surface area contributed by atoms with E-state index in [2.05, 4.69) is 0 Å². The van der Waals surface area contributed by atoms with Crippen LogP contribution in [-0.4, -0.2) is 23.9 Å². The lowest BCUT2D eigenvalue weighted by atomic mass is 10.2. The molecular formula is C14H14O8. The molecule has 0 unspecified atom stereocenters. The minimum Gasteiger partial charge on any atom is -0.423 e. The van der Waals surface area contributed by atoms with Gasteiger partial charge in [0.15, 0.2) is 11.5 Å². The van der Waals surface area contributed by atoms with E-state index in [1.165, 1.54) is 12.1 Å². The summed E-state index contributed by atoms with van der Waals surface area (Å²) in [6.45, 7) is 4.49. The Morgan fingerprint density at radius 2 is 0.864 bits per heavy atom. The van der Waals surface area contributed by atoms with Gasteiger partial charge in [-0.25, -0.2) is 0 Å². The van der Waals surface area contributed by atoms with E-state index in [4.69, 9.17) is 18.9 Å². The molecule has 1 aromatic rings. The van der Waals surface area contributed by atoms with Gasteiger partial charge in [0, 0.05) is 27.7 Å². The van der Waals surface area contributed by atoms with Gasteiger partial charge in [-0.2, -0.15) is 0 Å². The Morgan fingerprint density at radius 3 is 1.09 bits per heavy atom. The number of carbonyl (C=O) groups excluding carboxylic acids is 4. The van der Waals surface area contributed by atoms with Gasteiger partial charge in [0.1, 0.15) is 0 Å². The van der Waals surface area contributed by atoms with Crippen molar-refractivity contribution >= 4 is 23.9 Å². The number of esters is 4. The topological polar surface area (TPSA) is 105 Å². The normalized spacial score (nSPS) is 9.64. The molecule has 1 rings (SSSR count).